The summed E-state index contributed by atoms with van der Waals surface area (Å²) in [5.74, 6) is 0.696. The first-order chi connectivity index (χ1) is 30.2. The van der Waals surface area contributed by atoms with Gasteiger partial charge in [-0.05, 0) is 68.1 Å². The van der Waals surface area contributed by atoms with Crippen LogP contribution in [-0.2, 0) is 0 Å². The van der Waals surface area contributed by atoms with E-state index in [-0.39, 0.29) is 0 Å². The number of thiophene rings is 1. The van der Waals surface area contributed by atoms with Crippen LogP contribution in [0.2, 0.25) is 0 Å². The molecular weight excluding hydrogens is 759 g/mol. The summed E-state index contributed by atoms with van der Waals surface area (Å²) < 4.78 is 2.51. The Kier molecular flexibility index (Phi) is 8.36. The fourth-order valence-corrected chi connectivity index (χ4v) is 10.1. The average Bonchev–Trinajstić information content (AvgIpc) is 3.74. The molecule has 0 atom stereocenters. The van der Waals surface area contributed by atoms with Crippen molar-refractivity contribution in [2.45, 2.75) is 0 Å². The van der Waals surface area contributed by atoms with E-state index < -0.39 is 0 Å². The van der Waals surface area contributed by atoms with E-state index in [0.29, 0.717) is 5.82 Å². The van der Waals surface area contributed by atoms with E-state index in [4.69, 9.17) is 15.0 Å². The number of fused-ring (bicyclic) bond motifs is 8. The molecular formula is C57H35N3S. The number of nitrogens with zero attached hydrogens (tertiary/aromatic N) is 3. The summed E-state index contributed by atoms with van der Waals surface area (Å²) in [7, 11) is 0. The van der Waals surface area contributed by atoms with Gasteiger partial charge in [-0.25, -0.2) is 15.0 Å². The second kappa shape index (κ2) is 14.5. The molecule has 0 bridgehead atoms. The van der Waals surface area contributed by atoms with Gasteiger partial charge in [0.15, 0.2) is 5.82 Å². The predicted octanol–water partition coefficient (Wildman–Crippen LogP) is 15.7. The Labute approximate surface area is 356 Å². The monoisotopic (exact) mass is 793 g/mol. The van der Waals surface area contributed by atoms with Crippen LogP contribution in [0, 0.1) is 0 Å². The highest BCUT2D eigenvalue weighted by Gasteiger charge is 2.19. The summed E-state index contributed by atoms with van der Waals surface area (Å²) in [6.45, 7) is 0. The molecule has 3 heterocycles. The maximum atomic E-state index is 5.54. The Bertz CT molecular complexity index is 3610. The first kappa shape index (κ1) is 35.2. The van der Waals surface area contributed by atoms with Gasteiger partial charge in [0, 0.05) is 47.8 Å². The van der Waals surface area contributed by atoms with Crippen molar-refractivity contribution < 1.29 is 0 Å². The van der Waals surface area contributed by atoms with Crippen LogP contribution in [0.25, 0.3) is 120 Å². The lowest BCUT2D eigenvalue weighted by atomic mass is 9.92. The maximum Gasteiger partial charge on any atom is 0.160 e. The van der Waals surface area contributed by atoms with Gasteiger partial charge in [0.1, 0.15) is 0 Å². The van der Waals surface area contributed by atoms with Crippen molar-refractivity contribution in [2.24, 2.45) is 0 Å². The van der Waals surface area contributed by atoms with E-state index in [1.807, 2.05) is 35.6 Å². The lowest BCUT2D eigenvalue weighted by molar-refractivity contribution is 1.18. The van der Waals surface area contributed by atoms with E-state index in [1.165, 1.54) is 63.8 Å². The highest BCUT2D eigenvalue weighted by atomic mass is 32.1. The molecule has 0 aliphatic heterocycles. The smallest absolute Gasteiger partial charge is 0.160 e. The zero-order valence-electron chi connectivity index (χ0n) is 33.0. The van der Waals surface area contributed by atoms with Crippen molar-refractivity contribution in [1.29, 1.82) is 0 Å². The summed E-state index contributed by atoms with van der Waals surface area (Å²) in [6.07, 6.45) is 0. The van der Waals surface area contributed by atoms with Gasteiger partial charge in [0.2, 0.25) is 0 Å². The summed E-state index contributed by atoms with van der Waals surface area (Å²) in [6, 6.07) is 75.5. The third-order valence-corrected chi connectivity index (χ3v) is 13.1. The summed E-state index contributed by atoms with van der Waals surface area (Å²) in [4.78, 5) is 15.8. The van der Waals surface area contributed by atoms with Gasteiger partial charge in [-0.2, -0.15) is 0 Å². The molecule has 0 N–H and O–H groups in total. The molecule has 12 aromatic rings. The summed E-state index contributed by atoms with van der Waals surface area (Å²) >= 11 is 1.85. The number of benzene rings is 9. The lowest BCUT2D eigenvalue weighted by Crippen LogP contribution is -1.96. The summed E-state index contributed by atoms with van der Waals surface area (Å²) in [5, 5.41) is 8.60. The van der Waals surface area contributed by atoms with Gasteiger partial charge < -0.3 is 0 Å². The molecule has 12 rings (SSSR count). The van der Waals surface area contributed by atoms with Crippen LogP contribution >= 0.6 is 11.3 Å². The number of aromatic nitrogens is 3. The third kappa shape index (κ3) is 6.16. The standard InChI is InChI=1S/C57H35N3S/c1-3-13-36(14-4-1)37-23-25-38(26-24-37)50-35-51(60-57(59-50)41-15-5-2-6-16-41)39-27-29-40(30-28-39)55-54-48-21-11-12-22-53(48)61-56(54)47-32-31-43(34-52(47)58-55)49-33-42-17-7-8-18-44(42)45-19-9-10-20-46(45)49/h1-35H. The van der Waals surface area contributed by atoms with Crippen LogP contribution in [0.15, 0.2) is 212 Å². The van der Waals surface area contributed by atoms with E-state index in [0.717, 1.165) is 50.4 Å². The number of hydrogen-bond donors (Lipinski definition) is 0. The number of hydrogen-bond acceptors (Lipinski definition) is 4. The van der Waals surface area contributed by atoms with Crippen LogP contribution < -0.4 is 0 Å². The first-order valence-corrected chi connectivity index (χ1v) is 21.4. The van der Waals surface area contributed by atoms with Crippen molar-refractivity contribution in [1.82, 2.24) is 15.0 Å². The maximum absolute atomic E-state index is 5.54. The van der Waals surface area contributed by atoms with Gasteiger partial charge in [-0.1, -0.05) is 188 Å². The van der Waals surface area contributed by atoms with Crippen LogP contribution in [0.3, 0.4) is 0 Å². The van der Waals surface area contributed by atoms with Crippen LogP contribution in [0.4, 0.5) is 0 Å². The number of pyridine rings is 1. The molecule has 0 aliphatic rings. The van der Waals surface area contributed by atoms with Gasteiger partial charge in [0.05, 0.1) is 22.6 Å². The molecule has 0 fully saturated rings. The molecule has 9 aromatic carbocycles. The molecule has 4 heteroatoms. The Hall–Kier alpha value is -7.79. The second-order valence-electron chi connectivity index (χ2n) is 15.5. The Morgan fingerprint density at radius 2 is 0.869 bits per heavy atom. The SMILES string of the molecule is c1ccc(-c2ccc(-c3cc(-c4ccc(-c5nc6cc(-c7cc8ccccc8c8ccccc78)ccc6c6sc7ccccc7c56)cc4)nc(-c4ccccc4)n3)cc2)cc1. The molecule has 0 saturated carbocycles. The third-order valence-electron chi connectivity index (χ3n) is 11.9. The Morgan fingerprint density at radius 1 is 0.328 bits per heavy atom. The quantitative estimate of drug-likeness (QED) is 0.157. The van der Waals surface area contributed by atoms with Crippen molar-refractivity contribution in [3.63, 3.8) is 0 Å². The van der Waals surface area contributed by atoms with Crippen molar-refractivity contribution in [3.05, 3.63) is 212 Å². The van der Waals surface area contributed by atoms with Gasteiger partial charge in [0.25, 0.3) is 0 Å². The molecule has 0 radical (unpaired) electrons. The fraction of sp³-hybridized carbons (Fsp3) is 0. The van der Waals surface area contributed by atoms with Crippen LogP contribution in [0.1, 0.15) is 0 Å². The fourth-order valence-electron chi connectivity index (χ4n) is 8.85. The molecule has 284 valence electrons. The van der Waals surface area contributed by atoms with E-state index in [9.17, 15) is 0 Å². The zero-order valence-corrected chi connectivity index (χ0v) is 33.8. The van der Waals surface area contributed by atoms with Crippen LogP contribution in [0.5, 0.6) is 0 Å². The molecule has 0 saturated heterocycles. The average molecular weight is 794 g/mol. The minimum Gasteiger partial charge on any atom is -0.247 e. The Morgan fingerprint density at radius 3 is 1.59 bits per heavy atom. The van der Waals surface area contributed by atoms with Crippen LogP contribution in [-0.4, -0.2) is 15.0 Å². The first-order valence-electron chi connectivity index (χ1n) is 20.6. The lowest BCUT2D eigenvalue weighted by Gasteiger charge is -2.13. The van der Waals surface area contributed by atoms with E-state index >= 15 is 0 Å². The predicted molar refractivity (Wildman–Crippen MR) is 258 cm³/mol. The topological polar surface area (TPSA) is 38.7 Å². The van der Waals surface area contributed by atoms with Gasteiger partial charge >= 0.3 is 0 Å². The van der Waals surface area contributed by atoms with Crippen molar-refractivity contribution in [2.75, 3.05) is 0 Å². The van der Waals surface area contributed by atoms with Gasteiger partial charge in [-0.3, -0.25) is 0 Å². The molecule has 0 spiro atoms. The second-order valence-corrected chi connectivity index (χ2v) is 16.6. The Balaban J connectivity index is 0.992. The zero-order chi connectivity index (χ0) is 40.3. The largest absolute Gasteiger partial charge is 0.247 e. The van der Waals surface area contributed by atoms with Gasteiger partial charge in [-0.15, -0.1) is 11.3 Å². The van der Waals surface area contributed by atoms with Crippen molar-refractivity contribution in [3.8, 4) is 67.4 Å². The molecule has 61 heavy (non-hydrogen) atoms. The molecule has 0 amide bonds. The van der Waals surface area contributed by atoms with Crippen molar-refractivity contribution >= 4 is 64.0 Å². The summed E-state index contributed by atoms with van der Waals surface area (Å²) in [5.41, 5.74) is 12.6. The highest BCUT2D eigenvalue weighted by Crippen LogP contribution is 2.44. The molecule has 0 unspecified atom stereocenters. The normalized spacial score (nSPS) is 11.6. The molecule has 0 aliphatic carbocycles. The minimum atomic E-state index is 0.696. The molecule has 3 nitrogen and oxygen atoms in total. The minimum absolute atomic E-state index is 0.696. The molecule has 3 aromatic heterocycles. The number of rotatable bonds is 6. The van der Waals surface area contributed by atoms with E-state index in [2.05, 4.69) is 188 Å². The van der Waals surface area contributed by atoms with E-state index in [1.54, 1.807) is 0 Å². The highest BCUT2D eigenvalue weighted by molar-refractivity contribution is 7.26.